The van der Waals surface area contributed by atoms with Crippen LogP contribution in [0.1, 0.15) is 37.7 Å². The van der Waals surface area contributed by atoms with E-state index in [2.05, 4.69) is 6.92 Å². The van der Waals surface area contributed by atoms with Crippen LogP contribution in [0.4, 0.5) is 0 Å². The Kier molecular flexibility index (Phi) is 4.76. The molecule has 6 heteroatoms. The molecule has 0 aromatic carbocycles. The van der Waals surface area contributed by atoms with Crippen LogP contribution in [0, 0.1) is 5.92 Å². The SMILES string of the molecule is CC(O)C(=O)N1CCN(C(=O)/C=C/c2ccc(C3CC3C)o2)CC1. The molecule has 1 saturated carbocycles. The molecule has 2 heterocycles. The zero-order valence-electron chi connectivity index (χ0n) is 14.1. The molecule has 3 unspecified atom stereocenters. The second kappa shape index (κ2) is 6.81. The molecule has 1 aromatic heterocycles. The molecule has 2 amide bonds. The monoisotopic (exact) mass is 332 g/mol. The molecule has 1 N–H and O–H groups in total. The second-order valence-corrected chi connectivity index (χ2v) is 6.72. The predicted molar refractivity (Wildman–Crippen MR) is 89.1 cm³/mol. The quantitative estimate of drug-likeness (QED) is 0.847. The summed E-state index contributed by atoms with van der Waals surface area (Å²) in [5.41, 5.74) is 0. The molecular weight excluding hydrogens is 308 g/mol. The van der Waals surface area contributed by atoms with Crippen LogP contribution in [-0.4, -0.2) is 59.0 Å². The van der Waals surface area contributed by atoms with Crippen LogP contribution in [-0.2, 0) is 9.59 Å². The Morgan fingerprint density at radius 3 is 2.46 bits per heavy atom. The van der Waals surface area contributed by atoms with E-state index in [1.165, 1.54) is 19.4 Å². The van der Waals surface area contributed by atoms with E-state index < -0.39 is 6.10 Å². The first-order chi connectivity index (χ1) is 11.5. The van der Waals surface area contributed by atoms with Gasteiger partial charge in [-0.15, -0.1) is 0 Å². The van der Waals surface area contributed by atoms with Crippen molar-refractivity contribution in [2.24, 2.45) is 5.92 Å². The lowest BCUT2D eigenvalue weighted by Crippen LogP contribution is -2.52. The Hall–Kier alpha value is -2.08. The summed E-state index contributed by atoms with van der Waals surface area (Å²) in [6, 6.07) is 3.88. The Morgan fingerprint density at radius 1 is 1.25 bits per heavy atom. The fraction of sp³-hybridized carbons (Fsp3) is 0.556. The first-order valence-corrected chi connectivity index (χ1v) is 8.49. The summed E-state index contributed by atoms with van der Waals surface area (Å²) in [5, 5.41) is 9.33. The van der Waals surface area contributed by atoms with Gasteiger partial charge in [0.15, 0.2) is 0 Å². The number of piperazine rings is 1. The summed E-state index contributed by atoms with van der Waals surface area (Å²) in [4.78, 5) is 27.2. The molecular formula is C18H24N2O4. The van der Waals surface area contributed by atoms with E-state index in [9.17, 15) is 14.7 Å². The highest BCUT2D eigenvalue weighted by Gasteiger charge is 2.36. The minimum atomic E-state index is -0.991. The summed E-state index contributed by atoms with van der Waals surface area (Å²) < 4.78 is 5.75. The normalized spacial score (nSPS) is 25.1. The van der Waals surface area contributed by atoms with Gasteiger partial charge in [0.1, 0.15) is 17.6 Å². The van der Waals surface area contributed by atoms with E-state index >= 15 is 0 Å². The van der Waals surface area contributed by atoms with E-state index in [1.54, 1.807) is 15.9 Å². The van der Waals surface area contributed by atoms with E-state index in [-0.39, 0.29) is 11.8 Å². The first-order valence-electron chi connectivity index (χ1n) is 8.49. The average molecular weight is 332 g/mol. The Bertz CT molecular complexity index is 641. The van der Waals surface area contributed by atoms with Crippen LogP contribution in [0.5, 0.6) is 0 Å². The van der Waals surface area contributed by atoms with Crippen molar-refractivity contribution < 1.29 is 19.1 Å². The maximum absolute atomic E-state index is 12.2. The highest BCUT2D eigenvalue weighted by atomic mass is 16.3. The van der Waals surface area contributed by atoms with E-state index in [4.69, 9.17) is 4.42 Å². The number of aliphatic hydroxyl groups is 1. The molecule has 130 valence electrons. The molecule has 24 heavy (non-hydrogen) atoms. The van der Waals surface area contributed by atoms with E-state index in [0.717, 1.165) is 5.76 Å². The Balaban J connectivity index is 1.50. The molecule has 2 aliphatic rings. The smallest absolute Gasteiger partial charge is 0.251 e. The number of hydrogen-bond donors (Lipinski definition) is 1. The lowest BCUT2D eigenvalue weighted by atomic mass is 10.2. The summed E-state index contributed by atoms with van der Waals surface area (Å²) in [5.74, 6) is 2.55. The van der Waals surface area contributed by atoms with Gasteiger partial charge in [0.25, 0.3) is 5.91 Å². The van der Waals surface area contributed by atoms with Crippen LogP contribution in [0.3, 0.4) is 0 Å². The lowest BCUT2D eigenvalue weighted by molar-refractivity contribution is -0.143. The molecule has 0 radical (unpaired) electrons. The zero-order chi connectivity index (χ0) is 17.3. The summed E-state index contributed by atoms with van der Waals surface area (Å²) in [7, 11) is 0. The predicted octanol–water partition coefficient (Wildman–Crippen LogP) is 1.47. The molecule has 1 saturated heterocycles. The number of rotatable bonds is 4. The highest BCUT2D eigenvalue weighted by Crippen LogP contribution is 2.47. The summed E-state index contributed by atoms with van der Waals surface area (Å²) >= 11 is 0. The van der Waals surface area contributed by atoms with Crippen molar-refractivity contribution in [3.63, 3.8) is 0 Å². The highest BCUT2D eigenvalue weighted by molar-refractivity contribution is 5.91. The number of aliphatic hydroxyl groups excluding tert-OH is 1. The minimum absolute atomic E-state index is 0.0862. The zero-order valence-corrected chi connectivity index (χ0v) is 14.1. The number of carbonyl (C=O) groups is 2. The molecule has 1 aliphatic carbocycles. The van der Waals surface area contributed by atoms with Crippen LogP contribution in [0.2, 0.25) is 0 Å². The van der Waals surface area contributed by atoms with Gasteiger partial charge in [0, 0.05) is 38.2 Å². The third kappa shape index (κ3) is 3.70. The van der Waals surface area contributed by atoms with E-state index in [0.29, 0.717) is 43.8 Å². The Labute approximate surface area is 141 Å². The van der Waals surface area contributed by atoms with Crippen LogP contribution >= 0.6 is 0 Å². The van der Waals surface area contributed by atoms with Crippen molar-refractivity contribution in [3.8, 4) is 0 Å². The molecule has 2 fully saturated rings. The minimum Gasteiger partial charge on any atom is -0.461 e. The van der Waals surface area contributed by atoms with Gasteiger partial charge in [-0.25, -0.2) is 0 Å². The number of nitrogens with zero attached hydrogens (tertiary/aromatic N) is 2. The van der Waals surface area contributed by atoms with Gasteiger partial charge < -0.3 is 19.3 Å². The number of furan rings is 1. The molecule has 1 aliphatic heterocycles. The van der Waals surface area contributed by atoms with Gasteiger partial charge >= 0.3 is 0 Å². The molecule has 6 nitrogen and oxygen atoms in total. The van der Waals surface area contributed by atoms with Gasteiger partial charge in [-0.05, 0) is 37.5 Å². The summed E-state index contributed by atoms with van der Waals surface area (Å²) in [6.07, 6.45) is 3.40. The third-order valence-electron chi connectivity index (χ3n) is 4.77. The largest absolute Gasteiger partial charge is 0.461 e. The van der Waals surface area contributed by atoms with Crippen LogP contribution < -0.4 is 0 Å². The van der Waals surface area contributed by atoms with Crippen LogP contribution in [0.15, 0.2) is 22.6 Å². The number of hydrogen-bond acceptors (Lipinski definition) is 4. The first kappa shape index (κ1) is 16.8. The van der Waals surface area contributed by atoms with Crippen LogP contribution in [0.25, 0.3) is 6.08 Å². The van der Waals surface area contributed by atoms with Gasteiger partial charge in [-0.3, -0.25) is 9.59 Å². The molecule has 0 spiro atoms. The maximum Gasteiger partial charge on any atom is 0.251 e. The van der Waals surface area contributed by atoms with Crippen molar-refractivity contribution in [2.75, 3.05) is 26.2 Å². The number of carbonyl (C=O) groups excluding carboxylic acids is 2. The van der Waals surface area contributed by atoms with Gasteiger partial charge in [0.2, 0.25) is 5.91 Å². The molecule has 0 bridgehead atoms. The molecule has 3 rings (SSSR count). The topological polar surface area (TPSA) is 74.0 Å². The fourth-order valence-electron chi connectivity index (χ4n) is 3.05. The molecule has 3 atom stereocenters. The van der Waals surface area contributed by atoms with Gasteiger partial charge in [-0.2, -0.15) is 0 Å². The average Bonchev–Trinajstić information content (AvgIpc) is 3.12. The van der Waals surface area contributed by atoms with Gasteiger partial charge in [0.05, 0.1) is 0 Å². The lowest BCUT2D eigenvalue weighted by Gasteiger charge is -2.34. The van der Waals surface area contributed by atoms with Crippen molar-refractivity contribution in [1.29, 1.82) is 0 Å². The van der Waals surface area contributed by atoms with Crippen molar-refractivity contribution in [1.82, 2.24) is 9.80 Å². The van der Waals surface area contributed by atoms with Crippen molar-refractivity contribution >= 4 is 17.9 Å². The fourth-order valence-corrected chi connectivity index (χ4v) is 3.05. The standard InChI is InChI=1S/C18H24N2O4/c1-12-11-15(12)16-5-3-14(24-16)4-6-17(22)19-7-9-20(10-8-19)18(23)13(2)21/h3-6,12-13,15,21H,7-11H2,1-2H3/b6-4+. The number of amides is 2. The summed E-state index contributed by atoms with van der Waals surface area (Å²) in [6.45, 7) is 5.52. The second-order valence-electron chi connectivity index (χ2n) is 6.72. The molecule has 1 aromatic rings. The Morgan fingerprint density at radius 2 is 1.88 bits per heavy atom. The third-order valence-corrected chi connectivity index (χ3v) is 4.77. The maximum atomic E-state index is 12.2. The van der Waals surface area contributed by atoms with Crippen molar-refractivity contribution in [2.45, 2.75) is 32.3 Å². The van der Waals surface area contributed by atoms with Gasteiger partial charge in [-0.1, -0.05) is 6.92 Å². The van der Waals surface area contributed by atoms with E-state index in [1.807, 2.05) is 12.1 Å². The van der Waals surface area contributed by atoms with Crippen molar-refractivity contribution in [3.05, 3.63) is 29.7 Å².